The number of aromatic nitrogens is 3. The Balaban J connectivity index is 2.45. The summed E-state index contributed by atoms with van der Waals surface area (Å²) in [6.07, 6.45) is 0.661. The van der Waals surface area contributed by atoms with Crippen molar-refractivity contribution in [1.82, 2.24) is 14.1 Å². The minimum Gasteiger partial charge on any atom is -0.298 e. The van der Waals surface area contributed by atoms with E-state index < -0.39 is 11.2 Å². The van der Waals surface area contributed by atoms with Gasteiger partial charge in [0.25, 0.3) is 5.56 Å². The molecule has 0 unspecified atom stereocenters. The zero-order chi connectivity index (χ0) is 16.7. The van der Waals surface area contributed by atoms with Gasteiger partial charge in [-0.2, -0.15) is 0 Å². The number of aldehydes is 1. The van der Waals surface area contributed by atoms with Gasteiger partial charge in [0.2, 0.25) is 0 Å². The molecule has 0 aliphatic heterocycles. The summed E-state index contributed by atoms with van der Waals surface area (Å²) in [6, 6.07) is 8.76. The van der Waals surface area contributed by atoms with Crippen molar-refractivity contribution in [3.8, 4) is 11.3 Å². The quantitative estimate of drug-likeness (QED) is 0.642. The van der Waals surface area contributed by atoms with Crippen molar-refractivity contribution in [2.24, 2.45) is 14.1 Å². The van der Waals surface area contributed by atoms with Gasteiger partial charge >= 0.3 is 5.69 Å². The molecule has 3 aromatic rings. The molecule has 0 spiro atoms. The number of carbonyl (C=O) groups is 1. The highest BCUT2D eigenvalue weighted by molar-refractivity contribution is 9.10. The van der Waals surface area contributed by atoms with Crippen LogP contribution < -0.4 is 11.2 Å². The summed E-state index contributed by atoms with van der Waals surface area (Å²) in [5, 5.41) is 0.234. The van der Waals surface area contributed by atoms with Crippen LogP contribution in [0.3, 0.4) is 0 Å². The monoisotopic (exact) mass is 373 g/mol. The Kier molecular flexibility index (Phi) is 3.73. The Morgan fingerprint density at radius 2 is 1.74 bits per heavy atom. The van der Waals surface area contributed by atoms with Crippen LogP contribution in [0.4, 0.5) is 0 Å². The van der Waals surface area contributed by atoms with E-state index in [1.54, 1.807) is 7.05 Å². The first-order valence-electron chi connectivity index (χ1n) is 6.76. The molecular formula is C16H12BrN3O3. The number of hydrogen-bond donors (Lipinski definition) is 0. The van der Waals surface area contributed by atoms with Crippen molar-refractivity contribution in [1.29, 1.82) is 0 Å². The zero-order valence-electron chi connectivity index (χ0n) is 12.4. The first-order chi connectivity index (χ1) is 10.9. The number of carbonyl (C=O) groups excluding carboxylic acids is 1. The highest BCUT2D eigenvalue weighted by Crippen LogP contribution is 2.24. The average molecular weight is 374 g/mol. The number of hydrogen-bond acceptors (Lipinski definition) is 4. The lowest BCUT2D eigenvalue weighted by atomic mass is 10.1. The topological polar surface area (TPSA) is 74.0 Å². The van der Waals surface area contributed by atoms with Crippen LogP contribution in [0.1, 0.15) is 10.4 Å². The normalized spacial score (nSPS) is 10.9. The highest BCUT2D eigenvalue weighted by Gasteiger charge is 2.15. The maximum absolute atomic E-state index is 12.2. The molecule has 0 fully saturated rings. The van der Waals surface area contributed by atoms with Gasteiger partial charge in [0.05, 0.1) is 11.1 Å². The van der Waals surface area contributed by atoms with Gasteiger partial charge in [0.15, 0.2) is 6.29 Å². The summed E-state index contributed by atoms with van der Waals surface area (Å²) < 4.78 is 3.20. The van der Waals surface area contributed by atoms with E-state index in [1.165, 1.54) is 17.7 Å². The molecule has 6 nitrogen and oxygen atoms in total. The second kappa shape index (κ2) is 5.58. The molecule has 2 heterocycles. The van der Waals surface area contributed by atoms with Crippen LogP contribution in [0.15, 0.2) is 44.4 Å². The Hall–Kier alpha value is -2.54. The van der Waals surface area contributed by atoms with Gasteiger partial charge in [-0.05, 0) is 18.2 Å². The molecule has 0 atom stereocenters. The molecule has 0 N–H and O–H groups in total. The van der Waals surface area contributed by atoms with Gasteiger partial charge in [0.1, 0.15) is 5.65 Å². The van der Waals surface area contributed by atoms with Crippen LogP contribution in [0.5, 0.6) is 0 Å². The smallest absolute Gasteiger partial charge is 0.298 e. The van der Waals surface area contributed by atoms with Crippen molar-refractivity contribution in [2.45, 2.75) is 0 Å². The fraction of sp³-hybridized carbons (Fsp3) is 0.125. The number of rotatable bonds is 2. The van der Waals surface area contributed by atoms with E-state index in [4.69, 9.17) is 0 Å². The lowest BCUT2D eigenvalue weighted by molar-refractivity contribution is 0.112. The molecule has 0 aliphatic rings. The molecule has 3 rings (SSSR count). The van der Waals surface area contributed by atoms with Crippen LogP contribution in [0.2, 0.25) is 0 Å². The van der Waals surface area contributed by atoms with Crippen molar-refractivity contribution in [3.63, 3.8) is 0 Å². The van der Waals surface area contributed by atoms with Crippen molar-refractivity contribution >= 4 is 33.2 Å². The van der Waals surface area contributed by atoms with E-state index in [0.717, 1.165) is 14.6 Å². The third-order valence-electron chi connectivity index (χ3n) is 3.70. The van der Waals surface area contributed by atoms with Gasteiger partial charge in [-0.1, -0.05) is 28.1 Å². The summed E-state index contributed by atoms with van der Waals surface area (Å²) in [5.74, 6) is 0. The number of benzene rings is 1. The number of pyridine rings is 1. The zero-order valence-corrected chi connectivity index (χ0v) is 14.0. The van der Waals surface area contributed by atoms with Gasteiger partial charge < -0.3 is 0 Å². The molecule has 7 heteroatoms. The molecule has 0 saturated carbocycles. The largest absolute Gasteiger partial charge is 0.332 e. The second-order valence-electron chi connectivity index (χ2n) is 5.13. The lowest BCUT2D eigenvalue weighted by Crippen LogP contribution is -2.37. The van der Waals surface area contributed by atoms with Crippen LogP contribution in [0, 0.1) is 0 Å². The van der Waals surface area contributed by atoms with Gasteiger partial charge in [-0.3, -0.25) is 18.7 Å². The van der Waals surface area contributed by atoms with Crippen molar-refractivity contribution in [2.75, 3.05) is 0 Å². The van der Waals surface area contributed by atoms with Crippen LogP contribution in [0.25, 0.3) is 22.3 Å². The summed E-state index contributed by atoms with van der Waals surface area (Å²) >= 11 is 3.35. The Morgan fingerprint density at radius 3 is 2.35 bits per heavy atom. The minimum atomic E-state index is -0.471. The number of nitrogens with zero attached hydrogens (tertiary/aromatic N) is 3. The predicted molar refractivity (Wildman–Crippen MR) is 90.7 cm³/mol. The second-order valence-corrected chi connectivity index (χ2v) is 6.04. The lowest BCUT2D eigenvalue weighted by Gasteiger charge is -2.10. The van der Waals surface area contributed by atoms with Crippen molar-refractivity contribution < 1.29 is 4.79 Å². The molecule has 23 heavy (non-hydrogen) atoms. The summed E-state index contributed by atoms with van der Waals surface area (Å²) in [6.45, 7) is 0. The maximum atomic E-state index is 12.2. The van der Waals surface area contributed by atoms with E-state index in [2.05, 4.69) is 20.9 Å². The molecular weight excluding hydrogens is 362 g/mol. The van der Waals surface area contributed by atoms with E-state index in [1.807, 2.05) is 24.3 Å². The molecule has 1 aromatic carbocycles. The molecule has 0 amide bonds. The Bertz CT molecular complexity index is 1050. The summed E-state index contributed by atoms with van der Waals surface area (Å²) in [4.78, 5) is 40.2. The first-order valence-corrected chi connectivity index (χ1v) is 7.55. The van der Waals surface area contributed by atoms with Gasteiger partial charge in [0, 0.05) is 29.7 Å². The Morgan fingerprint density at radius 1 is 1.09 bits per heavy atom. The van der Waals surface area contributed by atoms with E-state index in [9.17, 15) is 14.4 Å². The minimum absolute atomic E-state index is 0.234. The fourth-order valence-electron chi connectivity index (χ4n) is 2.44. The maximum Gasteiger partial charge on any atom is 0.332 e. The third-order valence-corrected chi connectivity index (χ3v) is 4.23. The van der Waals surface area contributed by atoms with Gasteiger partial charge in [-0.25, -0.2) is 9.78 Å². The van der Waals surface area contributed by atoms with Crippen molar-refractivity contribution in [3.05, 3.63) is 61.2 Å². The van der Waals surface area contributed by atoms with Crippen LogP contribution in [-0.2, 0) is 14.1 Å². The number of fused-ring (bicyclic) bond motifs is 1. The molecule has 2 aromatic heterocycles. The SMILES string of the molecule is Cn1c(=O)c2cc(C=O)c(-c3ccc(Br)cc3)nc2n(C)c1=O. The standard InChI is InChI=1S/C16H12BrN3O3/c1-19-14-12(15(22)20(2)16(19)23)7-10(8-21)13(18-14)9-3-5-11(17)6-4-9/h3-8H,1-2H3. The highest BCUT2D eigenvalue weighted by atomic mass is 79.9. The summed E-state index contributed by atoms with van der Waals surface area (Å²) in [7, 11) is 2.94. The van der Waals surface area contributed by atoms with E-state index in [-0.39, 0.29) is 11.0 Å². The summed E-state index contributed by atoms with van der Waals surface area (Å²) in [5.41, 5.74) is 0.780. The predicted octanol–water partition coefficient (Wildman–Crippen LogP) is 1.87. The number of aryl methyl sites for hydroxylation is 1. The van der Waals surface area contributed by atoms with Crippen LogP contribution >= 0.6 is 15.9 Å². The molecule has 0 aliphatic carbocycles. The first kappa shape index (κ1) is 15.4. The molecule has 0 bridgehead atoms. The fourth-order valence-corrected chi connectivity index (χ4v) is 2.71. The van der Waals surface area contributed by atoms with E-state index >= 15 is 0 Å². The Labute approximate surface area is 139 Å². The number of halogens is 1. The van der Waals surface area contributed by atoms with Gasteiger partial charge in [-0.15, -0.1) is 0 Å². The molecule has 0 saturated heterocycles. The molecule has 116 valence electrons. The van der Waals surface area contributed by atoms with E-state index in [0.29, 0.717) is 17.5 Å². The third kappa shape index (κ3) is 2.43. The molecule has 0 radical (unpaired) electrons. The van der Waals surface area contributed by atoms with Crippen LogP contribution in [-0.4, -0.2) is 20.4 Å². The average Bonchev–Trinajstić information content (AvgIpc) is 2.57.